The predicted octanol–water partition coefficient (Wildman–Crippen LogP) is 9.77. The van der Waals surface area contributed by atoms with E-state index >= 15 is 0 Å². The van der Waals surface area contributed by atoms with E-state index in [0.717, 1.165) is 99.4 Å². The minimum atomic E-state index is -0.122. The van der Waals surface area contributed by atoms with Crippen LogP contribution in [0.15, 0.2) is 77.1 Å². The van der Waals surface area contributed by atoms with Crippen molar-refractivity contribution in [2.24, 2.45) is 67.9 Å². The molecule has 7 nitrogen and oxygen atoms in total. The number of fused-ring (bicyclic) bond motifs is 10. The van der Waals surface area contributed by atoms with E-state index < -0.39 is 0 Å². The number of allylic oxidation sites excluding steroid dienone is 2. The highest BCUT2D eigenvalue weighted by Crippen LogP contribution is 2.65. The van der Waals surface area contributed by atoms with Gasteiger partial charge < -0.3 is 15.9 Å². The minimum absolute atomic E-state index is 0.0168. The van der Waals surface area contributed by atoms with E-state index in [1.54, 1.807) is 11.8 Å². The second kappa shape index (κ2) is 16.2. The summed E-state index contributed by atoms with van der Waals surface area (Å²) in [6, 6.07) is 11.8. The van der Waals surface area contributed by atoms with Gasteiger partial charge in [0, 0.05) is 41.9 Å². The van der Waals surface area contributed by atoms with Crippen molar-refractivity contribution in [1.29, 1.82) is 0 Å². The van der Waals surface area contributed by atoms with Crippen LogP contribution < -0.4 is 5.73 Å². The van der Waals surface area contributed by atoms with E-state index in [9.17, 15) is 15.0 Å². The number of aliphatic hydroxyl groups is 2. The van der Waals surface area contributed by atoms with Gasteiger partial charge in [-0.05, 0) is 167 Å². The number of nitrogens with zero attached hydrogens (tertiary/aromatic N) is 3. The molecule has 4 N–H and O–H groups in total. The fraction of sp³-hybridized carbons (Fsp3) is 0.680. The Morgan fingerprint density at radius 1 is 0.649 bits per heavy atom. The van der Waals surface area contributed by atoms with Gasteiger partial charge in [0.2, 0.25) is 0 Å². The van der Waals surface area contributed by atoms with E-state index in [4.69, 9.17) is 10.7 Å². The molecule has 0 amide bonds. The third kappa shape index (κ3) is 7.45. The minimum Gasteiger partial charge on any atom is -0.393 e. The van der Waals surface area contributed by atoms with Crippen molar-refractivity contribution in [1.82, 2.24) is 9.97 Å². The van der Waals surface area contributed by atoms with E-state index in [2.05, 4.69) is 61.9 Å². The molecule has 6 saturated carbocycles. The van der Waals surface area contributed by atoms with Gasteiger partial charge in [-0.2, -0.15) is 0 Å². The summed E-state index contributed by atoms with van der Waals surface area (Å²) in [6.45, 7) is 11.0. The van der Waals surface area contributed by atoms with Crippen molar-refractivity contribution >= 4 is 11.5 Å². The van der Waals surface area contributed by atoms with E-state index in [0.29, 0.717) is 35.0 Å². The molecule has 0 bridgehead atoms. The van der Waals surface area contributed by atoms with Crippen LogP contribution in [-0.2, 0) is 17.9 Å². The summed E-state index contributed by atoms with van der Waals surface area (Å²) in [5.41, 5.74) is 12.8. The van der Waals surface area contributed by atoms with Crippen LogP contribution in [-0.4, -0.2) is 43.9 Å². The number of hydrogen-bond acceptors (Lipinski definition) is 7. The van der Waals surface area contributed by atoms with Crippen LogP contribution in [0, 0.1) is 57.2 Å². The maximum atomic E-state index is 12.4. The standard InChI is InChI=1S/C25H34N2O.C19H28O2.C6H8N2/c1-24-12-10-19(28)15-17(24)6-7-20-21-8-9-23(25(21,2)13-11-22(20)24)27-16-18-5-3-4-14-26-18;1-18-9-7-13(20)11-12(18)3-4-14-15-5-6-17(21)19(15,2)10-8-16(14)18;7-5-6-3-1-2-4-8-6/h3-6,14,19-22,28H,7-13,15-16H2,1-2H3;3,13-16,20H,4-11H2,1-2H3;1-4H,5,7H2/t19-,20-,21-,22-,24-,25-;13-,14-,15-,16-,18-,19-;/m00./s1. The first kappa shape index (κ1) is 40.8. The monoisotopic (exact) mass is 775 g/mol. The number of rotatable bonds is 3. The van der Waals surface area contributed by atoms with Gasteiger partial charge in [-0.15, -0.1) is 0 Å². The lowest BCUT2D eigenvalue weighted by atomic mass is 9.48. The largest absolute Gasteiger partial charge is 0.393 e. The van der Waals surface area contributed by atoms with Crippen molar-refractivity contribution < 1.29 is 15.0 Å². The maximum absolute atomic E-state index is 12.4. The number of aliphatic imine (C=N–C) groups is 1. The molecule has 57 heavy (non-hydrogen) atoms. The molecular weight excluding hydrogens is 705 g/mol. The molecule has 0 aromatic carbocycles. The Hall–Kier alpha value is -3.00. The first-order chi connectivity index (χ1) is 27.4. The van der Waals surface area contributed by atoms with Gasteiger partial charge in [0.05, 0.1) is 30.1 Å². The zero-order valence-electron chi connectivity index (χ0n) is 35.3. The molecule has 0 aliphatic heterocycles. The van der Waals surface area contributed by atoms with Crippen molar-refractivity contribution in [2.75, 3.05) is 0 Å². The Morgan fingerprint density at radius 2 is 1.14 bits per heavy atom. The lowest BCUT2D eigenvalue weighted by Crippen LogP contribution is -2.50. The second-order valence-electron chi connectivity index (χ2n) is 20.3. The summed E-state index contributed by atoms with van der Waals surface area (Å²) >= 11 is 0. The van der Waals surface area contributed by atoms with Gasteiger partial charge in [-0.1, -0.05) is 63.1 Å². The van der Waals surface area contributed by atoms with Crippen LogP contribution in [0.5, 0.6) is 0 Å². The summed E-state index contributed by atoms with van der Waals surface area (Å²) in [5.74, 6) is 4.97. The quantitative estimate of drug-likeness (QED) is 0.267. The Bertz CT molecular complexity index is 1840. The predicted molar refractivity (Wildman–Crippen MR) is 228 cm³/mol. The third-order valence-electron chi connectivity index (χ3n) is 17.7. The molecule has 0 radical (unpaired) electrons. The molecule has 308 valence electrons. The summed E-state index contributed by atoms with van der Waals surface area (Å²) in [5, 5.41) is 20.2. The molecule has 0 unspecified atom stereocenters. The molecule has 8 aliphatic rings. The highest BCUT2D eigenvalue weighted by atomic mass is 16.3. The fourth-order valence-electron chi connectivity index (χ4n) is 14.3. The highest BCUT2D eigenvalue weighted by molar-refractivity contribution is 5.92. The van der Waals surface area contributed by atoms with Gasteiger partial charge in [0.25, 0.3) is 0 Å². The average molecular weight is 775 g/mol. The van der Waals surface area contributed by atoms with E-state index in [1.165, 1.54) is 56.2 Å². The average Bonchev–Trinajstić information content (AvgIpc) is 3.73. The first-order valence-corrected chi connectivity index (χ1v) is 22.7. The number of nitrogens with two attached hydrogens (primary N) is 1. The van der Waals surface area contributed by atoms with Crippen LogP contribution in [0.3, 0.4) is 0 Å². The number of aromatic nitrogens is 2. The fourth-order valence-corrected chi connectivity index (χ4v) is 14.3. The normalized spacial score (nSPS) is 42.2. The molecule has 7 heteroatoms. The van der Waals surface area contributed by atoms with Crippen molar-refractivity contribution in [2.45, 2.75) is 156 Å². The molecule has 8 aliphatic carbocycles. The van der Waals surface area contributed by atoms with Crippen molar-refractivity contribution in [3.63, 3.8) is 0 Å². The zero-order chi connectivity index (χ0) is 40.0. The molecule has 2 heterocycles. The topological polar surface area (TPSA) is 122 Å². The van der Waals surface area contributed by atoms with Crippen molar-refractivity contribution in [3.8, 4) is 0 Å². The lowest BCUT2D eigenvalue weighted by molar-refractivity contribution is -0.132. The molecule has 12 atom stereocenters. The summed E-state index contributed by atoms with van der Waals surface area (Å²) in [7, 11) is 0. The molecule has 6 fully saturated rings. The first-order valence-electron chi connectivity index (χ1n) is 22.7. The number of carbonyl (C=O) groups excluding carboxylic acids is 1. The smallest absolute Gasteiger partial charge is 0.139 e. The number of carbonyl (C=O) groups is 1. The molecule has 2 aromatic rings. The van der Waals surface area contributed by atoms with Crippen LogP contribution in [0.25, 0.3) is 0 Å². The summed E-state index contributed by atoms with van der Waals surface area (Å²) in [4.78, 5) is 25.9. The Kier molecular flexibility index (Phi) is 11.6. The second-order valence-corrected chi connectivity index (χ2v) is 20.3. The van der Waals surface area contributed by atoms with E-state index in [1.807, 2.05) is 30.5 Å². The summed E-state index contributed by atoms with van der Waals surface area (Å²) in [6.07, 6.45) is 26.1. The van der Waals surface area contributed by atoms with Crippen molar-refractivity contribution in [3.05, 3.63) is 83.5 Å². The molecule has 0 saturated heterocycles. The summed E-state index contributed by atoms with van der Waals surface area (Å²) < 4.78 is 0. The van der Waals surface area contributed by atoms with Gasteiger partial charge in [0.1, 0.15) is 5.78 Å². The number of pyridine rings is 2. The van der Waals surface area contributed by atoms with Gasteiger partial charge in [-0.25, -0.2) is 0 Å². The van der Waals surface area contributed by atoms with Crippen LogP contribution in [0.1, 0.15) is 142 Å². The SMILES string of the molecule is C[C@]12CC[C@H](O)CC1=CC[C@@H]1[C@@H]2CC[C@]2(C)C(=NCc3ccccn3)CC[C@@H]12.C[C@]12CC[C@H](O)CC1=CC[C@@H]1[C@@H]2CC[C@]2(C)C(=O)CC[C@@H]12.NCc1ccccn1. The van der Waals surface area contributed by atoms with Gasteiger partial charge in [0.15, 0.2) is 0 Å². The van der Waals surface area contributed by atoms with Crippen LogP contribution in [0.4, 0.5) is 0 Å². The number of Topliss-reactive ketones (excluding diaryl/α,β-unsaturated/α-hetero) is 1. The van der Waals surface area contributed by atoms with Crippen LogP contribution in [0.2, 0.25) is 0 Å². The Labute approximate surface area is 342 Å². The van der Waals surface area contributed by atoms with Crippen LogP contribution >= 0.6 is 0 Å². The highest BCUT2D eigenvalue weighted by Gasteiger charge is 2.59. The number of aliphatic hydroxyl groups excluding tert-OH is 2. The Balaban J connectivity index is 0.000000137. The maximum Gasteiger partial charge on any atom is 0.139 e. The van der Waals surface area contributed by atoms with E-state index in [-0.39, 0.29) is 23.0 Å². The molecule has 0 spiro atoms. The molecular formula is C50H70N4O3. The molecule has 2 aromatic heterocycles. The zero-order valence-corrected chi connectivity index (χ0v) is 35.3. The van der Waals surface area contributed by atoms with Gasteiger partial charge >= 0.3 is 0 Å². The number of hydrogen-bond donors (Lipinski definition) is 3. The molecule has 10 rings (SSSR count). The number of ketones is 1. The lowest BCUT2D eigenvalue weighted by Gasteiger charge is -2.57. The van der Waals surface area contributed by atoms with Gasteiger partial charge in [-0.3, -0.25) is 19.8 Å². The third-order valence-corrected chi connectivity index (χ3v) is 17.7. The Morgan fingerprint density at radius 3 is 1.67 bits per heavy atom.